The Kier molecular flexibility index (Phi) is 3.40. The number of carboxylic acid groups (broad SMARTS) is 1. The number of nitrogens with two attached hydrogens (primary N) is 1. The quantitative estimate of drug-likeness (QED) is 0.660. The van der Waals surface area contributed by atoms with Crippen LogP contribution in [0.2, 0.25) is 0 Å². The minimum atomic E-state index is -4.06. The molecular formula is C5H8F3NO2S. The van der Waals surface area contributed by atoms with E-state index >= 15 is 0 Å². The number of rotatable bonds is 4. The van der Waals surface area contributed by atoms with Gasteiger partial charge in [-0.1, -0.05) is 0 Å². The molecule has 0 aromatic rings. The highest BCUT2D eigenvalue weighted by Gasteiger charge is 2.57. The summed E-state index contributed by atoms with van der Waals surface area (Å²) in [4.78, 5) is 9.95. The Balaban J connectivity index is 4.62. The van der Waals surface area contributed by atoms with Gasteiger partial charge >= 0.3 is 17.7 Å². The molecule has 0 aliphatic rings. The number of halogens is 3. The van der Waals surface area contributed by atoms with E-state index < -0.39 is 23.4 Å². The molecule has 12 heavy (non-hydrogen) atoms. The maximum absolute atomic E-state index is 12.6. The lowest BCUT2D eigenvalue weighted by atomic mass is 10.1. The minimum absolute atomic E-state index is 0.620. The molecule has 0 aromatic heterocycles. The van der Waals surface area contributed by atoms with Gasteiger partial charge in [-0.3, -0.25) is 5.73 Å². The zero-order chi connectivity index (χ0) is 9.99. The highest BCUT2D eigenvalue weighted by Crippen LogP contribution is 2.31. The van der Waals surface area contributed by atoms with E-state index in [4.69, 9.17) is 5.11 Å². The van der Waals surface area contributed by atoms with Crippen LogP contribution in [0.25, 0.3) is 0 Å². The molecule has 72 valence electrons. The Morgan fingerprint density at radius 2 is 2.00 bits per heavy atom. The van der Waals surface area contributed by atoms with Crippen LogP contribution in [-0.4, -0.2) is 34.8 Å². The van der Waals surface area contributed by atoms with E-state index in [0.29, 0.717) is 11.8 Å². The molecule has 1 atom stereocenters. The number of hydrogen-bond acceptors (Lipinski definition) is 3. The molecule has 0 bridgehead atoms. The molecule has 3 N–H and O–H groups in total. The fourth-order valence-electron chi connectivity index (χ4n) is 0.443. The van der Waals surface area contributed by atoms with Crippen LogP contribution in [0.15, 0.2) is 0 Å². The van der Waals surface area contributed by atoms with Crippen molar-refractivity contribution in [3.8, 4) is 0 Å². The van der Waals surface area contributed by atoms with Gasteiger partial charge in [-0.05, 0) is 6.26 Å². The second kappa shape index (κ2) is 3.53. The largest absolute Gasteiger partial charge is 0.478 e. The van der Waals surface area contributed by atoms with Crippen LogP contribution in [-0.2, 0) is 4.79 Å². The zero-order valence-electron chi connectivity index (χ0n) is 6.18. The number of hydrogen-bond donors (Lipinski definition) is 2. The Bertz CT molecular complexity index is 186. The summed E-state index contributed by atoms with van der Waals surface area (Å²) in [7, 11) is 0. The fraction of sp³-hybridized carbons (Fsp3) is 0.800. The Morgan fingerprint density at radius 3 is 2.25 bits per heavy atom. The van der Waals surface area contributed by atoms with Crippen LogP contribution in [0.5, 0.6) is 0 Å². The van der Waals surface area contributed by atoms with Crippen molar-refractivity contribution < 1.29 is 23.1 Å². The van der Waals surface area contributed by atoms with Crippen LogP contribution < -0.4 is 5.73 Å². The van der Waals surface area contributed by atoms with Crippen molar-refractivity contribution in [3.63, 3.8) is 0 Å². The lowest BCUT2D eigenvalue weighted by molar-refractivity contribution is -0.178. The van der Waals surface area contributed by atoms with Crippen LogP contribution in [0.4, 0.5) is 13.2 Å². The average Bonchev–Trinajstić information content (AvgIpc) is 1.86. The van der Waals surface area contributed by atoms with Gasteiger partial charge in [0.1, 0.15) is 0 Å². The smallest absolute Gasteiger partial charge is 0.363 e. The van der Waals surface area contributed by atoms with Crippen LogP contribution >= 0.6 is 11.8 Å². The third-order valence-electron chi connectivity index (χ3n) is 1.17. The molecular weight excluding hydrogens is 195 g/mol. The molecule has 0 fully saturated rings. The van der Waals surface area contributed by atoms with Crippen molar-refractivity contribution >= 4 is 17.7 Å². The first-order valence-electron chi connectivity index (χ1n) is 2.83. The van der Waals surface area contributed by atoms with Gasteiger partial charge in [0.15, 0.2) is 0 Å². The topological polar surface area (TPSA) is 63.3 Å². The summed E-state index contributed by atoms with van der Waals surface area (Å²) >= 11 is 0.620. The van der Waals surface area contributed by atoms with E-state index in [-0.39, 0.29) is 0 Å². The van der Waals surface area contributed by atoms with E-state index in [2.05, 4.69) is 5.73 Å². The van der Waals surface area contributed by atoms with Crippen molar-refractivity contribution in [1.82, 2.24) is 0 Å². The first-order valence-corrected chi connectivity index (χ1v) is 4.23. The highest BCUT2D eigenvalue weighted by molar-refractivity contribution is 7.98. The molecule has 0 rings (SSSR count). The molecule has 7 heteroatoms. The van der Waals surface area contributed by atoms with Gasteiger partial charge < -0.3 is 5.11 Å². The third-order valence-corrected chi connectivity index (χ3v) is 1.82. The summed E-state index contributed by atoms with van der Waals surface area (Å²) in [6.07, 6.45) is 1.30. The number of thioether (sulfide) groups is 1. The van der Waals surface area contributed by atoms with Crippen molar-refractivity contribution in [2.24, 2.45) is 5.73 Å². The molecule has 0 unspecified atom stereocenters. The molecule has 0 radical (unpaired) electrons. The lowest BCUT2D eigenvalue weighted by Crippen LogP contribution is -2.59. The van der Waals surface area contributed by atoms with Gasteiger partial charge in [-0.2, -0.15) is 20.5 Å². The fourth-order valence-corrected chi connectivity index (χ4v) is 1.02. The second-order valence-electron chi connectivity index (χ2n) is 2.15. The van der Waals surface area contributed by atoms with E-state index in [0.717, 1.165) is 0 Å². The molecule has 0 saturated carbocycles. The number of carbonyl (C=O) groups is 1. The number of alkyl halides is 3. The minimum Gasteiger partial charge on any atom is -0.478 e. The normalized spacial score (nSPS) is 17.1. The molecule has 0 aromatic carbocycles. The van der Waals surface area contributed by atoms with Gasteiger partial charge in [0.05, 0.1) is 5.75 Å². The van der Waals surface area contributed by atoms with Gasteiger partial charge in [-0.15, -0.1) is 0 Å². The third kappa shape index (κ3) is 2.04. The Morgan fingerprint density at radius 1 is 1.58 bits per heavy atom. The molecule has 0 aliphatic heterocycles. The zero-order valence-corrected chi connectivity index (χ0v) is 7.00. The summed E-state index contributed by atoms with van der Waals surface area (Å²) in [6.45, 7) is 0. The van der Waals surface area contributed by atoms with Crippen molar-refractivity contribution in [3.05, 3.63) is 0 Å². The Labute approximate surface area is 71.1 Å². The first kappa shape index (κ1) is 11.6. The molecule has 0 amide bonds. The second-order valence-corrected chi connectivity index (χ2v) is 3.02. The van der Waals surface area contributed by atoms with Crippen LogP contribution in [0.1, 0.15) is 0 Å². The van der Waals surface area contributed by atoms with E-state index in [1.165, 1.54) is 6.26 Å². The standard InChI is InChI=1S/C5H8F3NO2S/c1-12-2-4(6,7)5(8,9)3(10)11/h2,9H2,1H3,(H,10,11)/t5-/m1/s1. The monoisotopic (exact) mass is 203 g/mol. The summed E-state index contributed by atoms with van der Waals surface area (Å²) in [5.41, 5.74) is 4.29. The van der Waals surface area contributed by atoms with Gasteiger partial charge in [0.2, 0.25) is 0 Å². The summed E-state index contributed by atoms with van der Waals surface area (Å²) < 4.78 is 37.7. The lowest BCUT2D eigenvalue weighted by Gasteiger charge is -2.24. The van der Waals surface area contributed by atoms with Crippen LogP contribution in [0.3, 0.4) is 0 Å². The number of aliphatic carboxylic acids is 1. The van der Waals surface area contributed by atoms with Gasteiger partial charge in [-0.25, -0.2) is 9.18 Å². The summed E-state index contributed by atoms with van der Waals surface area (Å²) in [5, 5.41) is 8.01. The van der Waals surface area contributed by atoms with Gasteiger partial charge in [0, 0.05) is 0 Å². The predicted molar refractivity (Wildman–Crippen MR) is 39.0 cm³/mol. The van der Waals surface area contributed by atoms with Crippen molar-refractivity contribution in [2.75, 3.05) is 12.0 Å². The molecule has 3 nitrogen and oxygen atoms in total. The Hall–Kier alpha value is -0.430. The highest BCUT2D eigenvalue weighted by atomic mass is 32.2. The van der Waals surface area contributed by atoms with E-state index in [9.17, 15) is 18.0 Å². The van der Waals surface area contributed by atoms with Crippen LogP contribution in [0, 0.1) is 0 Å². The van der Waals surface area contributed by atoms with E-state index in [1.807, 2.05) is 0 Å². The maximum Gasteiger partial charge on any atom is 0.363 e. The van der Waals surface area contributed by atoms with Crippen molar-refractivity contribution in [1.29, 1.82) is 0 Å². The first-order chi connectivity index (χ1) is 5.25. The summed E-state index contributed by atoms with van der Waals surface area (Å²) in [6, 6.07) is 0. The summed E-state index contributed by atoms with van der Waals surface area (Å²) in [5.74, 6) is -11.4. The number of carboxylic acids is 1. The molecule has 0 spiro atoms. The predicted octanol–water partition coefficient (Wildman–Crippen LogP) is 0.694. The van der Waals surface area contributed by atoms with Crippen molar-refractivity contribution in [2.45, 2.75) is 11.7 Å². The van der Waals surface area contributed by atoms with Gasteiger partial charge in [0.25, 0.3) is 0 Å². The molecule has 0 aliphatic carbocycles. The maximum atomic E-state index is 12.6. The molecule has 0 saturated heterocycles. The SMILES string of the molecule is CSCC(F)(F)[C@@](N)(F)C(=O)O. The average molecular weight is 203 g/mol. The van der Waals surface area contributed by atoms with E-state index in [1.54, 1.807) is 0 Å². The molecule has 0 heterocycles.